The molecule has 0 saturated carbocycles. The molecule has 0 radical (unpaired) electrons. The normalized spacial score (nSPS) is 17.8. The van der Waals surface area contributed by atoms with Crippen molar-refractivity contribution in [3.05, 3.63) is 52.8 Å². The molecule has 8 nitrogen and oxygen atoms in total. The van der Waals surface area contributed by atoms with E-state index in [2.05, 4.69) is 5.10 Å². The summed E-state index contributed by atoms with van der Waals surface area (Å²) >= 11 is 0. The molecule has 1 atom stereocenters. The fraction of sp³-hybridized carbons (Fsp3) is 0.450. The topological polar surface area (TPSA) is 98.6 Å². The number of nitrogens with zero attached hydrogens (tertiary/aromatic N) is 3. The highest BCUT2D eigenvalue weighted by Crippen LogP contribution is 2.18. The fourth-order valence-electron chi connectivity index (χ4n) is 3.49. The first-order chi connectivity index (χ1) is 13.7. The van der Waals surface area contributed by atoms with Gasteiger partial charge in [0.2, 0.25) is 0 Å². The van der Waals surface area contributed by atoms with Crippen molar-refractivity contribution < 1.29 is 22.7 Å². The van der Waals surface area contributed by atoms with Crippen LogP contribution in [-0.2, 0) is 25.9 Å². The maximum Gasteiger partial charge on any atom is 0.342 e. The van der Waals surface area contributed by atoms with E-state index in [9.17, 15) is 18.0 Å². The second-order valence-corrected chi connectivity index (χ2v) is 9.56. The molecule has 1 unspecified atom stereocenters. The van der Waals surface area contributed by atoms with E-state index in [1.807, 2.05) is 30.3 Å². The Morgan fingerprint density at radius 3 is 2.55 bits per heavy atom. The molecule has 9 heteroatoms. The van der Waals surface area contributed by atoms with Crippen LogP contribution in [0.1, 0.15) is 33.7 Å². The van der Waals surface area contributed by atoms with E-state index in [0.717, 1.165) is 5.56 Å². The third-order valence-electron chi connectivity index (χ3n) is 5.24. The molecule has 1 fully saturated rings. The van der Waals surface area contributed by atoms with Crippen molar-refractivity contribution in [3.63, 3.8) is 0 Å². The van der Waals surface area contributed by atoms with Crippen LogP contribution in [0.5, 0.6) is 0 Å². The first kappa shape index (κ1) is 21.0. The van der Waals surface area contributed by atoms with Crippen LogP contribution in [0.2, 0.25) is 0 Å². The van der Waals surface area contributed by atoms with Crippen LogP contribution in [0.25, 0.3) is 0 Å². The highest BCUT2D eigenvalue weighted by Gasteiger charge is 2.33. The van der Waals surface area contributed by atoms with Gasteiger partial charge in [-0.1, -0.05) is 30.3 Å². The number of benzene rings is 1. The summed E-state index contributed by atoms with van der Waals surface area (Å²) in [6.07, 6.45) is 0.406. The minimum absolute atomic E-state index is 0.0480. The number of sulfone groups is 1. The summed E-state index contributed by atoms with van der Waals surface area (Å²) in [5.41, 5.74) is 2.60. The number of hydrogen-bond donors (Lipinski definition) is 0. The highest BCUT2D eigenvalue weighted by atomic mass is 32.2. The van der Waals surface area contributed by atoms with Crippen LogP contribution in [0.15, 0.2) is 30.3 Å². The van der Waals surface area contributed by atoms with Gasteiger partial charge in [-0.05, 0) is 25.8 Å². The Morgan fingerprint density at radius 1 is 1.24 bits per heavy atom. The lowest BCUT2D eigenvalue weighted by atomic mass is 10.2. The second kappa shape index (κ2) is 8.36. The number of ether oxygens (including phenoxy) is 1. The lowest BCUT2D eigenvalue weighted by Gasteiger charge is -2.23. The zero-order valence-electron chi connectivity index (χ0n) is 16.8. The van der Waals surface area contributed by atoms with Crippen molar-refractivity contribution in [3.8, 4) is 0 Å². The molecule has 156 valence electrons. The van der Waals surface area contributed by atoms with Crippen molar-refractivity contribution in [2.45, 2.75) is 32.9 Å². The summed E-state index contributed by atoms with van der Waals surface area (Å²) in [6, 6.07) is 9.39. The minimum Gasteiger partial charge on any atom is -0.452 e. The molecule has 1 aliphatic heterocycles. The molecule has 3 rings (SSSR count). The number of likely N-dealkylation sites (N-methyl/N-ethyl adjacent to an activating group) is 1. The van der Waals surface area contributed by atoms with Crippen molar-refractivity contribution >= 4 is 21.7 Å². The number of aromatic nitrogens is 2. The predicted molar refractivity (Wildman–Crippen MR) is 107 cm³/mol. The van der Waals surface area contributed by atoms with Crippen molar-refractivity contribution in [1.29, 1.82) is 0 Å². The molecule has 2 aromatic rings. The largest absolute Gasteiger partial charge is 0.452 e. The number of rotatable bonds is 6. The Hall–Kier alpha value is -2.68. The zero-order chi connectivity index (χ0) is 21.2. The van der Waals surface area contributed by atoms with E-state index >= 15 is 0 Å². The van der Waals surface area contributed by atoms with Gasteiger partial charge in [0, 0.05) is 13.1 Å². The van der Waals surface area contributed by atoms with Gasteiger partial charge >= 0.3 is 5.97 Å². The molecule has 2 heterocycles. The standard InChI is InChI=1S/C20H25N3O5S/c1-14-19(15(2)23(21-14)11-16-7-5-4-6-8-16)20(25)28-12-18(24)22(3)17-9-10-29(26,27)13-17/h4-8,17H,9-13H2,1-3H3. The molecular formula is C20H25N3O5S. The van der Waals surface area contributed by atoms with Gasteiger partial charge in [0.15, 0.2) is 16.4 Å². The molecule has 0 aliphatic carbocycles. The van der Waals surface area contributed by atoms with Crippen molar-refractivity contribution in [2.24, 2.45) is 0 Å². The van der Waals surface area contributed by atoms with E-state index in [-0.39, 0.29) is 17.5 Å². The number of carbonyl (C=O) groups is 2. The summed E-state index contributed by atoms with van der Waals surface area (Å²) in [7, 11) is -1.56. The maximum atomic E-state index is 12.6. The predicted octanol–water partition coefficient (Wildman–Crippen LogP) is 1.35. The van der Waals surface area contributed by atoms with Gasteiger partial charge in [-0.2, -0.15) is 5.10 Å². The lowest BCUT2D eigenvalue weighted by molar-refractivity contribution is -0.134. The summed E-state index contributed by atoms with van der Waals surface area (Å²) in [5.74, 6) is -1.01. The van der Waals surface area contributed by atoms with Crippen LogP contribution in [0.3, 0.4) is 0 Å². The number of aryl methyl sites for hydroxylation is 1. The molecule has 1 aliphatic rings. The SMILES string of the molecule is Cc1nn(Cc2ccccc2)c(C)c1C(=O)OCC(=O)N(C)C1CCS(=O)(=O)C1. The van der Waals surface area contributed by atoms with E-state index in [0.29, 0.717) is 29.9 Å². The van der Waals surface area contributed by atoms with Crippen molar-refractivity contribution in [1.82, 2.24) is 14.7 Å². The average Bonchev–Trinajstić information content (AvgIpc) is 3.18. The van der Waals surface area contributed by atoms with Crippen LogP contribution in [0.4, 0.5) is 0 Å². The van der Waals surface area contributed by atoms with Crippen LogP contribution >= 0.6 is 0 Å². The molecule has 1 aromatic carbocycles. The molecule has 29 heavy (non-hydrogen) atoms. The van der Waals surface area contributed by atoms with Crippen molar-refractivity contribution in [2.75, 3.05) is 25.2 Å². The average molecular weight is 420 g/mol. The highest BCUT2D eigenvalue weighted by molar-refractivity contribution is 7.91. The summed E-state index contributed by atoms with van der Waals surface area (Å²) in [6.45, 7) is 3.60. The molecular weight excluding hydrogens is 394 g/mol. The second-order valence-electron chi connectivity index (χ2n) is 7.33. The number of amides is 1. The summed E-state index contributed by atoms with van der Waals surface area (Å²) in [5, 5.41) is 4.42. The fourth-order valence-corrected chi connectivity index (χ4v) is 5.26. The van der Waals surface area contributed by atoms with Gasteiger partial charge in [0.05, 0.1) is 29.4 Å². The molecule has 1 amide bonds. The first-order valence-electron chi connectivity index (χ1n) is 9.39. The third-order valence-corrected chi connectivity index (χ3v) is 6.99. The first-order valence-corrected chi connectivity index (χ1v) is 11.2. The van der Waals surface area contributed by atoms with Gasteiger partial charge in [0.1, 0.15) is 5.56 Å². The molecule has 0 spiro atoms. The Kier molecular flexibility index (Phi) is 6.07. The van der Waals surface area contributed by atoms with E-state index in [1.165, 1.54) is 11.9 Å². The number of hydrogen-bond acceptors (Lipinski definition) is 6. The third kappa shape index (κ3) is 4.84. The number of carbonyl (C=O) groups excluding carboxylic acids is 2. The zero-order valence-corrected chi connectivity index (χ0v) is 17.6. The van der Waals surface area contributed by atoms with E-state index in [1.54, 1.807) is 18.5 Å². The quantitative estimate of drug-likeness (QED) is 0.656. The van der Waals surface area contributed by atoms with E-state index in [4.69, 9.17) is 4.74 Å². The van der Waals surface area contributed by atoms with Gasteiger partial charge < -0.3 is 9.64 Å². The van der Waals surface area contributed by atoms with E-state index < -0.39 is 28.3 Å². The van der Waals surface area contributed by atoms with Gasteiger partial charge in [0.25, 0.3) is 5.91 Å². The molecule has 1 saturated heterocycles. The van der Waals surface area contributed by atoms with Crippen LogP contribution in [-0.4, -0.2) is 66.2 Å². The summed E-state index contributed by atoms with van der Waals surface area (Å²) < 4.78 is 30.1. The van der Waals surface area contributed by atoms with Crippen LogP contribution < -0.4 is 0 Å². The lowest BCUT2D eigenvalue weighted by Crippen LogP contribution is -2.40. The minimum atomic E-state index is -3.10. The smallest absolute Gasteiger partial charge is 0.342 e. The van der Waals surface area contributed by atoms with Crippen LogP contribution in [0, 0.1) is 13.8 Å². The molecule has 1 aromatic heterocycles. The Bertz CT molecular complexity index is 1010. The molecule has 0 N–H and O–H groups in total. The Morgan fingerprint density at radius 2 is 1.93 bits per heavy atom. The maximum absolute atomic E-state index is 12.6. The molecule has 0 bridgehead atoms. The Labute approximate surface area is 170 Å². The van der Waals surface area contributed by atoms with Gasteiger partial charge in [-0.15, -0.1) is 0 Å². The number of esters is 1. The monoisotopic (exact) mass is 419 g/mol. The Balaban J connectivity index is 1.63. The van der Waals surface area contributed by atoms with Gasteiger partial charge in [-0.25, -0.2) is 13.2 Å². The van der Waals surface area contributed by atoms with Gasteiger partial charge in [-0.3, -0.25) is 9.48 Å². The summed E-state index contributed by atoms with van der Waals surface area (Å²) in [4.78, 5) is 26.2.